The molecule has 0 aliphatic carbocycles. The molecule has 0 saturated carbocycles. The van der Waals surface area contributed by atoms with E-state index in [0.29, 0.717) is 25.2 Å². The lowest BCUT2D eigenvalue weighted by molar-refractivity contribution is 0.0362. The first-order valence-electron chi connectivity index (χ1n) is 9.19. The van der Waals surface area contributed by atoms with Crippen molar-refractivity contribution >= 4 is 12.0 Å². The summed E-state index contributed by atoms with van der Waals surface area (Å²) in [6, 6.07) is 3.46. The average Bonchev–Trinajstić information content (AvgIpc) is 3.21. The van der Waals surface area contributed by atoms with Crippen LogP contribution >= 0.6 is 0 Å². The SMILES string of the molecule is O=C(c1cccnc1)N1C[C@@H]2OC(=O)N(CCCN3CCOCC3)[C@@H]2C1. The number of fused-ring (bicyclic) bond motifs is 1. The number of likely N-dealkylation sites (tertiary alicyclic amines) is 1. The molecule has 8 nitrogen and oxygen atoms in total. The fourth-order valence-electron chi connectivity index (χ4n) is 3.89. The van der Waals surface area contributed by atoms with E-state index in [1.54, 1.807) is 34.3 Å². The van der Waals surface area contributed by atoms with Crippen LogP contribution in [0.25, 0.3) is 0 Å². The predicted molar refractivity (Wildman–Crippen MR) is 92.8 cm³/mol. The summed E-state index contributed by atoms with van der Waals surface area (Å²) in [5, 5.41) is 0. The van der Waals surface area contributed by atoms with Crippen LogP contribution in [0.5, 0.6) is 0 Å². The van der Waals surface area contributed by atoms with Crippen molar-refractivity contribution < 1.29 is 19.1 Å². The molecule has 3 saturated heterocycles. The van der Waals surface area contributed by atoms with Crippen molar-refractivity contribution in [3.63, 3.8) is 0 Å². The van der Waals surface area contributed by atoms with Gasteiger partial charge in [-0.2, -0.15) is 0 Å². The molecule has 2 atom stereocenters. The van der Waals surface area contributed by atoms with Crippen LogP contribution < -0.4 is 0 Å². The number of aromatic nitrogens is 1. The summed E-state index contributed by atoms with van der Waals surface area (Å²) >= 11 is 0. The van der Waals surface area contributed by atoms with Crippen molar-refractivity contribution in [1.29, 1.82) is 0 Å². The van der Waals surface area contributed by atoms with Gasteiger partial charge in [-0.25, -0.2) is 4.79 Å². The molecule has 0 aromatic carbocycles. The molecule has 4 heterocycles. The maximum absolute atomic E-state index is 12.6. The second-order valence-corrected chi connectivity index (χ2v) is 6.94. The number of ether oxygens (including phenoxy) is 2. The Morgan fingerprint density at radius 3 is 2.85 bits per heavy atom. The summed E-state index contributed by atoms with van der Waals surface area (Å²) in [6.07, 6.45) is 3.63. The molecule has 140 valence electrons. The number of hydrogen-bond acceptors (Lipinski definition) is 6. The van der Waals surface area contributed by atoms with E-state index in [4.69, 9.17) is 9.47 Å². The Labute approximate surface area is 152 Å². The molecule has 0 N–H and O–H groups in total. The number of nitrogens with zero attached hydrogens (tertiary/aromatic N) is 4. The highest BCUT2D eigenvalue weighted by atomic mass is 16.6. The molecule has 1 aromatic heterocycles. The van der Waals surface area contributed by atoms with Gasteiger partial charge in [-0.15, -0.1) is 0 Å². The predicted octanol–water partition coefficient (Wildman–Crippen LogP) is 0.449. The van der Waals surface area contributed by atoms with Crippen molar-refractivity contribution in [2.45, 2.75) is 18.6 Å². The van der Waals surface area contributed by atoms with Gasteiger partial charge >= 0.3 is 6.09 Å². The molecular formula is C18H24N4O4. The summed E-state index contributed by atoms with van der Waals surface area (Å²) in [5.74, 6) is -0.0585. The number of hydrogen-bond donors (Lipinski definition) is 0. The van der Waals surface area contributed by atoms with E-state index < -0.39 is 0 Å². The van der Waals surface area contributed by atoms with E-state index in [0.717, 1.165) is 39.3 Å². The first-order valence-corrected chi connectivity index (χ1v) is 9.19. The van der Waals surface area contributed by atoms with E-state index in [1.807, 2.05) is 0 Å². The van der Waals surface area contributed by atoms with E-state index in [9.17, 15) is 9.59 Å². The van der Waals surface area contributed by atoms with Gasteiger partial charge in [-0.1, -0.05) is 0 Å². The van der Waals surface area contributed by atoms with Gasteiger partial charge < -0.3 is 14.4 Å². The largest absolute Gasteiger partial charge is 0.442 e. The molecule has 4 rings (SSSR count). The van der Waals surface area contributed by atoms with E-state index in [2.05, 4.69) is 9.88 Å². The number of carbonyl (C=O) groups excluding carboxylic acids is 2. The first-order chi connectivity index (χ1) is 12.7. The molecule has 26 heavy (non-hydrogen) atoms. The topological polar surface area (TPSA) is 75.2 Å². The second kappa shape index (κ2) is 7.59. The van der Waals surface area contributed by atoms with Crippen molar-refractivity contribution in [2.24, 2.45) is 0 Å². The summed E-state index contributed by atoms with van der Waals surface area (Å²) in [4.78, 5) is 34.7. The number of carbonyl (C=O) groups is 2. The van der Waals surface area contributed by atoms with Gasteiger partial charge in [0, 0.05) is 45.1 Å². The van der Waals surface area contributed by atoms with Crippen molar-refractivity contribution in [3.8, 4) is 0 Å². The molecule has 3 aliphatic rings. The fraction of sp³-hybridized carbons (Fsp3) is 0.611. The van der Waals surface area contributed by atoms with Crippen LogP contribution in [0.1, 0.15) is 16.8 Å². The smallest absolute Gasteiger partial charge is 0.410 e. The van der Waals surface area contributed by atoms with Gasteiger partial charge in [0.2, 0.25) is 0 Å². The van der Waals surface area contributed by atoms with Gasteiger partial charge in [0.15, 0.2) is 0 Å². The standard InChI is InChI=1S/C18H24N4O4/c23-17(14-3-1-4-19-11-14)21-12-15-16(13-21)26-18(24)22(15)6-2-5-20-7-9-25-10-8-20/h1,3-4,11,15-16H,2,5-10,12-13H2/t15-,16+/m1/s1. The first kappa shape index (κ1) is 17.2. The summed E-state index contributed by atoms with van der Waals surface area (Å²) < 4.78 is 10.9. The average molecular weight is 360 g/mol. The lowest BCUT2D eigenvalue weighted by atomic mass is 10.2. The minimum atomic E-state index is -0.254. The third kappa shape index (κ3) is 3.52. The van der Waals surface area contributed by atoms with Gasteiger partial charge in [0.25, 0.3) is 5.91 Å². The van der Waals surface area contributed by atoms with Crippen molar-refractivity contribution in [3.05, 3.63) is 30.1 Å². The summed E-state index contributed by atoms with van der Waals surface area (Å²) in [5.41, 5.74) is 0.567. The van der Waals surface area contributed by atoms with Crippen LogP contribution in [0.4, 0.5) is 4.79 Å². The van der Waals surface area contributed by atoms with Crippen LogP contribution in [0.3, 0.4) is 0 Å². The maximum atomic E-state index is 12.6. The van der Waals surface area contributed by atoms with Crippen molar-refractivity contribution in [2.75, 3.05) is 52.5 Å². The highest BCUT2D eigenvalue weighted by Gasteiger charge is 2.48. The van der Waals surface area contributed by atoms with Crippen molar-refractivity contribution in [1.82, 2.24) is 19.7 Å². The van der Waals surface area contributed by atoms with Crippen LogP contribution in [0.15, 0.2) is 24.5 Å². The van der Waals surface area contributed by atoms with Crippen LogP contribution in [-0.4, -0.2) is 96.3 Å². The molecular weight excluding hydrogens is 336 g/mol. The highest BCUT2D eigenvalue weighted by molar-refractivity contribution is 5.94. The Bertz CT molecular complexity index is 650. The summed E-state index contributed by atoms with van der Waals surface area (Å²) in [7, 11) is 0. The van der Waals surface area contributed by atoms with Crippen LogP contribution in [-0.2, 0) is 9.47 Å². The highest BCUT2D eigenvalue weighted by Crippen LogP contribution is 2.28. The minimum Gasteiger partial charge on any atom is -0.442 e. The second-order valence-electron chi connectivity index (χ2n) is 6.94. The normalized spacial score (nSPS) is 26.1. The summed E-state index contributed by atoms with van der Waals surface area (Å²) in [6.45, 7) is 6.03. The minimum absolute atomic E-state index is 0.0483. The Morgan fingerprint density at radius 2 is 2.08 bits per heavy atom. The molecule has 0 spiro atoms. The monoisotopic (exact) mass is 360 g/mol. The zero-order valence-electron chi connectivity index (χ0n) is 14.7. The third-order valence-corrected chi connectivity index (χ3v) is 5.30. The lowest BCUT2D eigenvalue weighted by Gasteiger charge is -2.28. The van der Waals surface area contributed by atoms with Crippen LogP contribution in [0.2, 0.25) is 0 Å². The Kier molecular flexibility index (Phi) is 5.03. The molecule has 0 bridgehead atoms. The zero-order chi connectivity index (χ0) is 17.9. The molecule has 0 unspecified atom stereocenters. The van der Waals surface area contributed by atoms with Gasteiger partial charge in [-0.3, -0.25) is 19.6 Å². The quantitative estimate of drug-likeness (QED) is 0.759. The van der Waals surface area contributed by atoms with Gasteiger partial charge in [0.05, 0.1) is 31.4 Å². The number of morpholine rings is 1. The van der Waals surface area contributed by atoms with Crippen LogP contribution in [0, 0.1) is 0 Å². The molecule has 2 amide bonds. The number of amides is 2. The van der Waals surface area contributed by atoms with E-state index in [-0.39, 0.29) is 24.1 Å². The molecule has 3 aliphatic heterocycles. The number of rotatable bonds is 5. The Morgan fingerprint density at radius 1 is 1.23 bits per heavy atom. The molecule has 8 heteroatoms. The fourth-order valence-corrected chi connectivity index (χ4v) is 3.89. The number of pyridine rings is 1. The van der Waals surface area contributed by atoms with E-state index in [1.165, 1.54) is 0 Å². The Balaban J connectivity index is 1.32. The zero-order valence-corrected chi connectivity index (χ0v) is 14.7. The third-order valence-electron chi connectivity index (χ3n) is 5.30. The Hall–Kier alpha value is -2.19. The van der Waals surface area contributed by atoms with E-state index >= 15 is 0 Å². The maximum Gasteiger partial charge on any atom is 0.410 e. The lowest BCUT2D eigenvalue weighted by Crippen LogP contribution is -2.42. The molecule has 3 fully saturated rings. The van der Waals surface area contributed by atoms with Gasteiger partial charge in [0.1, 0.15) is 6.10 Å². The molecule has 1 aromatic rings. The van der Waals surface area contributed by atoms with Gasteiger partial charge in [-0.05, 0) is 18.6 Å². The molecule has 0 radical (unpaired) electrons.